The van der Waals surface area contributed by atoms with Crippen LogP contribution in [0.3, 0.4) is 0 Å². The maximum absolute atomic E-state index is 4.84. The highest BCUT2D eigenvalue weighted by atomic mass is 28.4. The van der Waals surface area contributed by atoms with Gasteiger partial charge in [-0.25, -0.2) is 9.35 Å². The molecule has 7 heteroatoms. The molecule has 2 aliphatic heterocycles. The monoisotopic (exact) mass is 436 g/mol. The Morgan fingerprint density at radius 1 is 0.613 bits per heavy atom. The molecule has 2 aromatic carbocycles. The Morgan fingerprint density at radius 2 is 0.935 bits per heavy atom. The SMILES string of the molecule is Cc1ccc(N2N=NN(c3ccc(C)cc3)[Si]23N(C(C)(C)C)CCN3C(C)(C)C)cc1. The highest BCUT2D eigenvalue weighted by Gasteiger charge is 2.70. The zero-order valence-corrected chi connectivity index (χ0v) is 21.2. The van der Waals surface area contributed by atoms with Crippen LogP contribution >= 0.6 is 0 Å². The average molecular weight is 437 g/mol. The summed E-state index contributed by atoms with van der Waals surface area (Å²) >= 11 is 0. The minimum atomic E-state index is -2.77. The second-order valence-corrected chi connectivity index (χ2v) is 13.8. The van der Waals surface area contributed by atoms with Crippen molar-refractivity contribution < 1.29 is 0 Å². The number of anilines is 2. The number of hydrogen-bond donors (Lipinski definition) is 0. The second kappa shape index (κ2) is 7.43. The third-order valence-electron chi connectivity index (χ3n) is 6.24. The molecule has 4 rings (SSSR count). The zero-order valence-electron chi connectivity index (χ0n) is 20.2. The zero-order chi connectivity index (χ0) is 22.6. The molecule has 31 heavy (non-hydrogen) atoms. The number of aryl methyl sites for hydroxylation is 2. The van der Waals surface area contributed by atoms with Gasteiger partial charge in [-0.15, -0.1) is 0 Å². The predicted molar refractivity (Wildman–Crippen MR) is 131 cm³/mol. The standard InChI is InChI=1S/C24H36N6Si/c1-19-9-13-21(14-10-19)29-25-26-30(22-15-11-20(2)12-16-22)31(29)27(23(3,4)5)17-18-28(31)24(6,7)8/h9-16H,17-18H2,1-8H3. The van der Waals surface area contributed by atoms with E-state index in [2.05, 4.69) is 122 Å². The van der Waals surface area contributed by atoms with Gasteiger partial charge in [0.25, 0.3) is 0 Å². The van der Waals surface area contributed by atoms with Gasteiger partial charge in [0.05, 0.1) is 11.4 Å². The summed E-state index contributed by atoms with van der Waals surface area (Å²) in [6, 6.07) is 17.4. The molecule has 1 spiro atoms. The van der Waals surface area contributed by atoms with E-state index in [1.54, 1.807) is 0 Å². The van der Waals surface area contributed by atoms with Crippen LogP contribution < -0.4 is 9.35 Å². The van der Waals surface area contributed by atoms with Gasteiger partial charge in [0.1, 0.15) is 0 Å². The van der Waals surface area contributed by atoms with Crippen LogP contribution in [0.2, 0.25) is 0 Å². The van der Waals surface area contributed by atoms with E-state index in [-0.39, 0.29) is 11.1 Å². The number of hydrogen-bond acceptors (Lipinski definition) is 6. The summed E-state index contributed by atoms with van der Waals surface area (Å²) in [5.41, 5.74) is 4.62. The Labute approximate surface area is 188 Å². The second-order valence-electron chi connectivity index (χ2n) is 10.7. The normalized spacial score (nSPS) is 19.7. The van der Waals surface area contributed by atoms with Crippen molar-refractivity contribution in [3.8, 4) is 0 Å². The Kier molecular flexibility index (Phi) is 5.27. The highest BCUT2D eigenvalue weighted by Crippen LogP contribution is 2.46. The minimum absolute atomic E-state index is 0.0342. The van der Waals surface area contributed by atoms with E-state index in [1.807, 2.05) is 0 Å². The van der Waals surface area contributed by atoms with Gasteiger partial charge in [-0.3, -0.25) is 9.13 Å². The van der Waals surface area contributed by atoms with Gasteiger partial charge >= 0.3 is 8.72 Å². The Balaban J connectivity index is 1.97. The van der Waals surface area contributed by atoms with Gasteiger partial charge < -0.3 is 0 Å². The van der Waals surface area contributed by atoms with Crippen molar-refractivity contribution in [1.29, 1.82) is 0 Å². The summed E-state index contributed by atoms with van der Waals surface area (Å²) in [6.45, 7) is 20.1. The van der Waals surface area contributed by atoms with E-state index in [1.165, 1.54) is 11.1 Å². The van der Waals surface area contributed by atoms with Crippen molar-refractivity contribution in [2.75, 3.05) is 22.4 Å². The van der Waals surface area contributed by atoms with Gasteiger partial charge in [0.15, 0.2) is 0 Å². The fourth-order valence-electron chi connectivity index (χ4n) is 4.79. The van der Waals surface area contributed by atoms with Crippen molar-refractivity contribution >= 4 is 20.1 Å². The molecule has 6 nitrogen and oxygen atoms in total. The van der Waals surface area contributed by atoms with Crippen LogP contribution in [0, 0.1) is 13.8 Å². The molecule has 0 bridgehead atoms. The maximum atomic E-state index is 4.84. The van der Waals surface area contributed by atoms with Crippen LogP contribution in [-0.2, 0) is 0 Å². The van der Waals surface area contributed by atoms with E-state index in [4.69, 9.17) is 10.4 Å². The quantitative estimate of drug-likeness (QED) is 0.578. The topological polar surface area (TPSA) is 37.7 Å². The van der Waals surface area contributed by atoms with Crippen molar-refractivity contribution in [2.45, 2.75) is 66.5 Å². The number of nitrogens with zero attached hydrogens (tertiary/aromatic N) is 6. The van der Waals surface area contributed by atoms with Gasteiger partial charge in [0, 0.05) is 24.2 Å². The molecule has 2 aliphatic rings. The molecule has 1 fully saturated rings. The lowest BCUT2D eigenvalue weighted by Gasteiger charge is -2.52. The first-order valence-electron chi connectivity index (χ1n) is 11.2. The smallest absolute Gasteiger partial charge is 0.269 e. The van der Waals surface area contributed by atoms with E-state index < -0.39 is 8.72 Å². The number of rotatable bonds is 2. The Hall–Kier alpha value is -2.22. The lowest BCUT2D eigenvalue weighted by molar-refractivity contribution is 0.246. The molecular formula is C24H36N6Si. The molecule has 2 heterocycles. The van der Waals surface area contributed by atoms with Crippen LogP contribution in [0.1, 0.15) is 52.7 Å². The summed E-state index contributed by atoms with van der Waals surface area (Å²) < 4.78 is 9.83. The van der Waals surface area contributed by atoms with Crippen molar-refractivity contribution in [1.82, 2.24) is 9.13 Å². The van der Waals surface area contributed by atoms with Crippen LogP contribution in [0.5, 0.6) is 0 Å². The third-order valence-corrected chi connectivity index (χ3v) is 11.3. The molecule has 0 atom stereocenters. The summed E-state index contributed by atoms with van der Waals surface area (Å²) in [4.78, 5) is 0. The molecule has 0 aromatic heterocycles. The van der Waals surface area contributed by atoms with Gasteiger partial charge in [-0.05, 0) is 79.7 Å². The molecule has 1 saturated heterocycles. The van der Waals surface area contributed by atoms with Gasteiger partial charge in [-0.2, -0.15) is 0 Å². The molecular weight excluding hydrogens is 400 g/mol. The Bertz CT molecular complexity index is 876. The largest absolute Gasteiger partial charge is 0.485 e. The first-order valence-corrected chi connectivity index (χ1v) is 13.0. The van der Waals surface area contributed by atoms with E-state index in [0.29, 0.717) is 0 Å². The van der Waals surface area contributed by atoms with Crippen LogP contribution in [-0.4, -0.2) is 42.0 Å². The van der Waals surface area contributed by atoms with Crippen LogP contribution in [0.25, 0.3) is 0 Å². The van der Waals surface area contributed by atoms with Crippen molar-refractivity contribution in [3.05, 3.63) is 59.7 Å². The molecule has 166 valence electrons. The summed E-state index contributed by atoms with van der Waals surface area (Å²) in [5, 5.41) is 9.68. The van der Waals surface area contributed by atoms with E-state index in [9.17, 15) is 0 Å². The molecule has 0 saturated carbocycles. The fraction of sp³-hybridized carbons (Fsp3) is 0.500. The molecule has 0 aliphatic carbocycles. The Morgan fingerprint density at radius 3 is 1.23 bits per heavy atom. The van der Waals surface area contributed by atoms with Crippen LogP contribution in [0.4, 0.5) is 11.4 Å². The maximum Gasteiger partial charge on any atom is 0.485 e. The summed E-state index contributed by atoms with van der Waals surface area (Å²) in [6.07, 6.45) is 0. The number of benzene rings is 2. The molecule has 0 unspecified atom stereocenters. The van der Waals surface area contributed by atoms with Crippen molar-refractivity contribution in [2.24, 2.45) is 10.4 Å². The lowest BCUT2D eigenvalue weighted by atomic mass is 10.1. The lowest BCUT2D eigenvalue weighted by Crippen LogP contribution is -2.80. The van der Waals surface area contributed by atoms with E-state index in [0.717, 1.165) is 24.5 Å². The molecule has 2 aromatic rings. The first kappa shape index (κ1) is 22.0. The predicted octanol–water partition coefficient (Wildman–Crippen LogP) is 5.56. The summed E-state index contributed by atoms with van der Waals surface area (Å²) in [5.74, 6) is 0. The third kappa shape index (κ3) is 3.58. The molecule has 0 amide bonds. The van der Waals surface area contributed by atoms with E-state index >= 15 is 0 Å². The van der Waals surface area contributed by atoms with Gasteiger partial charge in [0.2, 0.25) is 0 Å². The highest BCUT2D eigenvalue weighted by molar-refractivity contribution is 6.82. The average Bonchev–Trinajstić information content (AvgIpc) is 3.26. The fourth-order valence-corrected chi connectivity index (χ4v) is 10.1. The van der Waals surface area contributed by atoms with Crippen molar-refractivity contribution in [3.63, 3.8) is 0 Å². The minimum Gasteiger partial charge on any atom is -0.269 e. The summed E-state index contributed by atoms with van der Waals surface area (Å²) in [7, 11) is -2.77. The molecule has 0 N–H and O–H groups in total. The molecule has 0 radical (unpaired) electrons. The van der Waals surface area contributed by atoms with Crippen LogP contribution in [0.15, 0.2) is 59.0 Å². The first-order chi connectivity index (χ1) is 14.5. The van der Waals surface area contributed by atoms with Gasteiger partial charge in [-0.1, -0.05) is 45.8 Å².